The highest BCUT2D eigenvalue weighted by Crippen LogP contribution is 2.38. The minimum absolute atomic E-state index is 0.648. The van der Waals surface area contributed by atoms with Crippen LogP contribution in [0.25, 0.3) is 0 Å². The van der Waals surface area contributed by atoms with Gasteiger partial charge in [0, 0.05) is 0 Å². The maximum absolute atomic E-state index is 3.89. The lowest BCUT2D eigenvalue weighted by Gasteiger charge is -2.34. The van der Waals surface area contributed by atoms with Gasteiger partial charge in [0.2, 0.25) is 0 Å². The Bertz CT molecular complexity index is 245. The summed E-state index contributed by atoms with van der Waals surface area (Å²) < 4.78 is 0. The SMILES string of the molecule is C=CC1C=CC(C(C)C2CCCCC2)CC1. The Morgan fingerprint density at radius 3 is 2.38 bits per heavy atom. The first-order chi connectivity index (χ1) is 7.81. The van der Waals surface area contributed by atoms with Crippen LogP contribution in [0.2, 0.25) is 0 Å². The Balaban J connectivity index is 1.89. The lowest BCUT2D eigenvalue weighted by molar-refractivity contribution is 0.205. The zero-order valence-corrected chi connectivity index (χ0v) is 10.7. The van der Waals surface area contributed by atoms with Crippen LogP contribution < -0.4 is 0 Å². The first-order valence-electron chi connectivity index (χ1n) is 7.12. The summed E-state index contributed by atoms with van der Waals surface area (Å²) in [5.74, 6) is 3.40. The van der Waals surface area contributed by atoms with Gasteiger partial charge >= 0.3 is 0 Å². The van der Waals surface area contributed by atoms with Crippen molar-refractivity contribution >= 4 is 0 Å². The standard InChI is InChI=1S/C16H26/c1-3-14-9-11-16(12-10-14)13(2)15-7-5-4-6-8-15/h3,9,11,13-16H,1,4-8,10,12H2,2H3. The highest BCUT2D eigenvalue weighted by atomic mass is 14.3. The van der Waals surface area contributed by atoms with E-state index >= 15 is 0 Å². The molecule has 2 aliphatic rings. The zero-order chi connectivity index (χ0) is 11.4. The summed E-state index contributed by atoms with van der Waals surface area (Å²) in [5, 5.41) is 0. The minimum Gasteiger partial charge on any atom is -0.102 e. The summed E-state index contributed by atoms with van der Waals surface area (Å²) in [5.41, 5.74) is 0. The van der Waals surface area contributed by atoms with Crippen LogP contribution in [0, 0.1) is 23.7 Å². The van der Waals surface area contributed by atoms with E-state index in [2.05, 4.69) is 31.7 Å². The highest BCUT2D eigenvalue weighted by molar-refractivity contribution is 5.05. The van der Waals surface area contributed by atoms with Crippen molar-refractivity contribution in [1.29, 1.82) is 0 Å². The van der Waals surface area contributed by atoms with Crippen LogP contribution in [-0.4, -0.2) is 0 Å². The van der Waals surface area contributed by atoms with Crippen molar-refractivity contribution < 1.29 is 0 Å². The lowest BCUT2D eigenvalue weighted by Crippen LogP contribution is -2.24. The van der Waals surface area contributed by atoms with E-state index in [4.69, 9.17) is 0 Å². The van der Waals surface area contributed by atoms with Crippen molar-refractivity contribution in [1.82, 2.24) is 0 Å². The third-order valence-electron chi connectivity index (χ3n) is 4.81. The third-order valence-corrected chi connectivity index (χ3v) is 4.81. The molecular formula is C16H26. The molecule has 16 heavy (non-hydrogen) atoms. The van der Waals surface area contributed by atoms with Gasteiger partial charge < -0.3 is 0 Å². The Morgan fingerprint density at radius 1 is 1.06 bits per heavy atom. The molecule has 3 unspecified atom stereocenters. The summed E-state index contributed by atoms with van der Waals surface area (Å²) in [6.07, 6.45) is 17.1. The molecule has 0 heteroatoms. The van der Waals surface area contributed by atoms with E-state index in [9.17, 15) is 0 Å². The summed E-state index contributed by atoms with van der Waals surface area (Å²) in [4.78, 5) is 0. The first-order valence-corrected chi connectivity index (χ1v) is 7.12. The van der Waals surface area contributed by atoms with Gasteiger partial charge in [-0.1, -0.05) is 57.3 Å². The average Bonchev–Trinajstić information content (AvgIpc) is 2.39. The van der Waals surface area contributed by atoms with Crippen molar-refractivity contribution in [2.75, 3.05) is 0 Å². The Labute approximate surface area is 101 Å². The molecule has 0 saturated heterocycles. The molecule has 0 amide bonds. The van der Waals surface area contributed by atoms with E-state index in [0.717, 1.165) is 17.8 Å². The van der Waals surface area contributed by atoms with Gasteiger partial charge in [0.15, 0.2) is 0 Å². The fraction of sp³-hybridized carbons (Fsp3) is 0.750. The largest absolute Gasteiger partial charge is 0.102 e. The molecule has 2 rings (SSSR count). The maximum atomic E-state index is 3.89. The molecule has 1 saturated carbocycles. The van der Waals surface area contributed by atoms with Crippen LogP contribution in [0.3, 0.4) is 0 Å². The van der Waals surface area contributed by atoms with Gasteiger partial charge in [-0.3, -0.25) is 0 Å². The van der Waals surface area contributed by atoms with E-state index in [0.29, 0.717) is 5.92 Å². The fourth-order valence-electron chi connectivity index (χ4n) is 3.51. The van der Waals surface area contributed by atoms with Crippen molar-refractivity contribution in [2.45, 2.75) is 51.9 Å². The van der Waals surface area contributed by atoms with Crippen LogP contribution >= 0.6 is 0 Å². The lowest BCUT2D eigenvalue weighted by atomic mass is 9.71. The summed E-state index contributed by atoms with van der Waals surface area (Å²) in [6.45, 7) is 6.38. The molecule has 1 fully saturated rings. The predicted molar refractivity (Wildman–Crippen MR) is 71.3 cm³/mol. The van der Waals surface area contributed by atoms with Crippen molar-refractivity contribution in [3.05, 3.63) is 24.8 Å². The molecular weight excluding hydrogens is 192 g/mol. The second-order valence-electron chi connectivity index (χ2n) is 5.78. The third kappa shape index (κ3) is 2.78. The first kappa shape index (κ1) is 12.0. The summed E-state index contributed by atoms with van der Waals surface area (Å²) >= 11 is 0. The van der Waals surface area contributed by atoms with Gasteiger partial charge in [-0.15, -0.1) is 6.58 Å². The van der Waals surface area contributed by atoms with Crippen molar-refractivity contribution in [3.63, 3.8) is 0 Å². The van der Waals surface area contributed by atoms with E-state index in [1.807, 2.05) is 0 Å². The smallest absolute Gasteiger partial charge is 0.00559 e. The van der Waals surface area contributed by atoms with Crippen LogP contribution in [0.4, 0.5) is 0 Å². The van der Waals surface area contributed by atoms with Crippen LogP contribution in [-0.2, 0) is 0 Å². The topological polar surface area (TPSA) is 0 Å². The molecule has 0 spiro atoms. The molecule has 0 aromatic rings. The molecule has 0 bridgehead atoms. The number of allylic oxidation sites excluding steroid dienone is 3. The molecule has 0 radical (unpaired) electrons. The van der Waals surface area contributed by atoms with Crippen LogP contribution in [0.1, 0.15) is 51.9 Å². The molecule has 0 aromatic heterocycles. The van der Waals surface area contributed by atoms with E-state index in [-0.39, 0.29) is 0 Å². The Morgan fingerprint density at radius 2 is 1.81 bits per heavy atom. The molecule has 3 atom stereocenters. The maximum Gasteiger partial charge on any atom is -0.00559 e. The normalized spacial score (nSPS) is 33.6. The predicted octanol–water partition coefficient (Wildman–Crippen LogP) is 4.97. The van der Waals surface area contributed by atoms with E-state index < -0.39 is 0 Å². The van der Waals surface area contributed by atoms with Crippen LogP contribution in [0.5, 0.6) is 0 Å². The monoisotopic (exact) mass is 218 g/mol. The molecule has 0 heterocycles. The van der Waals surface area contributed by atoms with Crippen molar-refractivity contribution in [3.8, 4) is 0 Å². The molecule has 0 aromatic carbocycles. The van der Waals surface area contributed by atoms with Gasteiger partial charge in [0.05, 0.1) is 0 Å². The van der Waals surface area contributed by atoms with Crippen molar-refractivity contribution in [2.24, 2.45) is 23.7 Å². The van der Waals surface area contributed by atoms with Gasteiger partial charge in [0.25, 0.3) is 0 Å². The molecule has 0 aliphatic heterocycles. The van der Waals surface area contributed by atoms with E-state index in [1.54, 1.807) is 0 Å². The van der Waals surface area contributed by atoms with Gasteiger partial charge in [-0.25, -0.2) is 0 Å². The number of hydrogen-bond acceptors (Lipinski definition) is 0. The van der Waals surface area contributed by atoms with E-state index in [1.165, 1.54) is 44.9 Å². The molecule has 0 N–H and O–H groups in total. The number of rotatable bonds is 3. The van der Waals surface area contributed by atoms with Gasteiger partial charge in [-0.05, 0) is 36.5 Å². The Hall–Kier alpha value is -0.520. The second-order valence-corrected chi connectivity index (χ2v) is 5.78. The van der Waals surface area contributed by atoms with Gasteiger partial charge in [0.1, 0.15) is 0 Å². The summed E-state index contributed by atoms with van der Waals surface area (Å²) in [6, 6.07) is 0. The highest BCUT2D eigenvalue weighted by Gasteiger charge is 2.27. The molecule has 90 valence electrons. The minimum atomic E-state index is 0.648. The zero-order valence-electron chi connectivity index (χ0n) is 10.7. The fourth-order valence-corrected chi connectivity index (χ4v) is 3.51. The molecule has 2 aliphatic carbocycles. The number of hydrogen-bond donors (Lipinski definition) is 0. The van der Waals surface area contributed by atoms with Crippen LogP contribution in [0.15, 0.2) is 24.8 Å². The average molecular weight is 218 g/mol. The molecule has 0 nitrogen and oxygen atoms in total. The quantitative estimate of drug-likeness (QED) is 0.587. The second kappa shape index (κ2) is 5.70. The van der Waals surface area contributed by atoms with Gasteiger partial charge in [-0.2, -0.15) is 0 Å². The summed E-state index contributed by atoms with van der Waals surface area (Å²) in [7, 11) is 0. The Kier molecular flexibility index (Phi) is 4.26.